The maximum absolute atomic E-state index is 11.0. The second-order valence-electron chi connectivity index (χ2n) is 5.92. The summed E-state index contributed by atoms with van der Waals surface area (Å²) in [5.41, 5.74) is 0.271. The van der Waals surface area contributed by atoms with Crippen LogP contribution in [0.1, 0.15) is 47.6 Å². The number of aromatic carboxylic acids is 1. The Morgan fingerprint density at radius 3 is 3.10 bits per heavy atom. The number of fused-ring (bicyclic) bond motifs is 1. The molecule has 2 aliphatic rings. The Bertz CT molecular complexity index is 497. The van der Waals surface area contributed by atoms with E-state index in [1.807, 2.05) is 0 Å². The fourth-order valence-corrected chi connectivity index (χ4v) is 3.50. The molecule has 20 heavy (non-hydrogen) atoms. The quantitative estimate of drug-likeness (QED) is 0.882. The monoisotopic (exact) mass is 278 g/mol. The van der Waals surface area contributed by atoms with Gasteiger partial charge in [0.1, 0.15) is 17.1 Å². The zero-order valence-electron chi connectivity index (χ0n) is 11.9. The van der Waals surface area contributed by atoms with Gasteiger partial charge in [-0.05, 0) is 51.8 Å². The Hall–Kier alpha value is -1.33. The van der Waals surface area contributed by atoms with Crippen molar-refractivity contribution in [1.82, 2.24) is 10.2 Å². The van der Waals surface area contributed by atoms with Gasteiger partial charge in [0.05, 0.1) is 6.54 Å². The highest BCUT2D eigenvalue weighted by Crippen LogP contribution is 2.27. The minimum absolute atomic E-state index is 0.271. The predicted octanol–water partition coefficient (Wildman–Crippen LogP) is 2.00. The van der Waals surface area contributed by atoms with Gasteiger partial charge >= 0.3 is 5.97 Å². The van der Waals surface area contributed by atoms with E-state index in [1.54, 1.807) is 13.0 Å². The first-order chi connectivity index (χ1) is 9.63. The molecule has 5 nitrogen and oxygen atoms in total. The number of furan rings is 1. The van der Waals surface area contributed by atoms with Gasteiger partial charge in [-0.15, -0.1) is 0 Å². The molecule has 2 aliphatic heterocycles. The average Bonchev–Trinajstić information content (AvgIpc) is 3.01. The van der Waals surface area contributed by atoms with E-state index in [4.69, 9.17) is 9.52 Å². The van der Waals surface area contributed by atoms with Crippen molar-refractivity contribution in [2.45, 2.75) is 51.2 Å². The molecule has 0 saturated carbocycles. The maximum atomic E-state index is 11.0. The van der Waals surface area contributed by atoms with Gasteiger partial charge in [0.2, 0.25) is 0 Å². The SMILES string of the molecule is Cc1oc(CNC2CCN3CCCC3C2)cc1C(=O)O. The number of carboxylic acids is 1. The molecule has 0 aromatic carbocycles. The fourth-order valence-electron chi connectivity index (χ4n) is 3.50. The summed E-state index contributed by atoms with van der Waals surface area (Å²) >= 11 is 0. The zero-order valence-corrected chi connectivity index (χ0v) is 11.9. The van der Waals surface area contributed by atoms with Gasteiger partial charge in [-0.1, -0.05) is 0 Å². The Labute approximate surface area is 118 Å². The number of hydrogen-bond donors (Lipinski definition) is 2. The van der Waals surface area contributed by atoms with Gasteiger partial charge in [0.15, 0.2) is 0 Å². The van der Waals surface area contributed by atoms with Crippen LogP contribution in [0.5, 0.6) is 0 Å². The number of carboxylic acid groups (broad SMARTS) is 1. The summed E-state index contributed by atoms with van der Waals surface area (Å²) in [6.45, 7) is 4.76. The van der Waals surface area contributed by atoms with Gasteiger partial charge in [0, 0.05) is 12.1 Å². The zero-order chi connectivity index (χ0) is 14.1. The van der Waals surface area contributed by atoms with E-state index in [1.165, 1.54) is 38.8 Å². The molecule has 2 N–H and O–H groups in total. The van der Waals surface area contributed by atoms with Crippen molar-refractivity contribution in [3.8, 4) is 0 Å². The Morgan fingerprint density at radius 2 is 2.35 bits per heavy atom. The molecule has 3 heterocycles. The Balaban J connectivity index is 1.54. The molecule has 0 radical (unpaired) electrons. The summed E-state index contributed by atoms with van der Waals surface area (Å²) in [7, 11) is 0. The van der Waals surface area contributed by atoms with Crippen molar-refractivity contribution in [1.29, 1.82) is 0 Å². The third-order valence-corrected chi connectivity index (χ3v) is 4.58. The molecule has 0 bridgehead atoms. The summed E-state index contributed by atoms with van der Waals surface area (Å²) in [6.07, 6.45) is 5.02. The van der Waals surface area contributed by atoms with Crippen molar-refractivity contribution in [3.63, 3.8) is 0 Å². The number of piperidine rings is 1. The molecule has 2 unspecified atom stereocenters. The molecule has 1 aromatic heterocycles. The van der Waals surface area contributed by atoms with E-state index in [0.717, 1.165) is 6.04 Å². The molecule has 2 fully saturated rings. The van der Waals surface area contributed by atoms with Crippen LogP contribution in [-0.2, 0) is 6.54 Å². The van der Waals surface area contributed by atoms with Crippen LogP contribution >= 0.6 is 0 Å². The first-order valence-electron chi connectivity index (χ1n) is 7.43. The second kappa shape index (κ2) is 5.58. The number of aryl methyl sites for hydroxylation is 1. The van der Waals surface area contributed by atoms with Crippen LogP contribution in [0.3, 0.4) is 0 Å². The lowest BCUT2D eigenvalue weighted by Crippen LogP contribution is -2.45. The van der Waals surface area contributed by atoms with E-state index < -0.39 is 5.97 Å². The number of nitrogens with one attached hydrogen (secondary N) is 1. The van der Waals surface area contributed by atoms with E-state index in [-0.39, 0.29) is 5.56 Å². The third-order valence-electron chi connectivity index (χ3n) is 4.58. The molecule has 0 aliphatic carbocycles. The van der Waals surface area contributed by atoms with Gasteiger partial charge in [-0.2, -0.15) is 0 Å². The van der Waals surface area contributed by atoms with Crippen LogP contribution in [0, 0.1) is 6.92 Å². The van der Waals surface area contributed by atoms with E-state index in [2.05, 4.69) is 10.2 Å². The highest BCUT2D eigenvalue weighted by molar-refractivity contribution is 5.88. The van der Waals surface area contributed by atoms with E-state index in [0.29, 0.717) is 24.1 Å². The summed E-state index contributed by atoms with van der Waals surface area (Å²) in [5.74, 6) is 0.283. The number of hydrogen-bond acceptors (Lipinski definition) is 4. The molecule has 5 heteroatoms. The molecular weight excluding hydrogens is 256 g/mol. The van der Waals surface area contributed by atoms with Crippen molar-refractivity contribution in [3.05, 3.63) is 23.2 Å². The first kappa shape index (κ1) is 13.6. The van der Waals surface area contributed by atoms with Crippen molar-refractivity contribution >= 4 is 5.97 Å². The minimum Gasteiger partial charge on any atom is -0.478 e. The summed E-state index contributed by atoms with van der Waals surface area (Å²) < 4.78 is 5.50. The maximum Gasteiger partial charge on any atom is 0.339 e. The lowest BCUT2D eigenvalue weighted by Gasteiger charge is -2.35. The van der Waals surface area contributed by atoms with E-state index >= 15 is 0 Å². The van der Waals surface area contributed by atoms with Crippen LogP contribution in [0.15, 0.2) is 10.5 Å². The minimum atomic E-state index is -0.920. The number of rotatable bonds is 4. The molecular formula is C15H22N2O3. The molecule has 0 amide bonds. The fraction of sp³-hybridized carbons (Fsp3) is 0.667. The molecule has 0 spiro atoms. The van der Waals surface area contributed by atoms with Crippen LogP contribution in [0.4, 0.5) is 0 Å². The highest BCUT2D eigenvalue weighted by Gasteiger charge is 2.31. The lowest BCUT2D eigenvalue weighted by atomic mass is 9.97. The average molecular weight is 278 g/mol. The summed E-state index contributed by atoms with van der Waals surface area (Å²) in [5, 5.41) is 12.5. The van der Waals surface area contributed by atoms with Crippen LogP contribution in [-0.4, -0.2) is 41.1 Å². The van der Waals surface area contributed by atoms with Gasteiger partial charge in [0.25, 0.3) is 0 Å². The largest absolute Gasteiger partial charge is 0.478 e. The van der Waals surface area contributed by atoms with Crippen LogP contribution in [0.25, 0.3) is 0 Å². The van der Waals surface area contributed by atoms with Crippen molar-refractivity contribution < 1.29 is 14.3 Å². The molecule has 3 rings (SSSR count). The van der Waals surface area contributed by atoms with Gasteiger partial charge < -0.3 is 19.7 Å². The topological polar surface area (TPSA) is 65.7 Å². The Morgan fingerprint density at radius 1 is 1.50 bits per heavy atom. The Kier molecular flexibility index (Phi) is 3.81. The van der Waals surface area contributed by atoms with Gasteiger partial charge in [-0.25, -0.2) is 4.79 Å². The smallest absolute Gasteiger partial charge is 0.339 e. The molecule has 1 aromatic rings. The lowest BCUT2D eigenvalue weighted by molar-refractivity contribution is 0.0695. The predicted molar refractivity (Wildman–Crippen MR) is 74.9 cm³/mol. The van der Waals surface area contributed by atoms with Gasteiger partial charge in [-0.3, -0.25) is 0 Å². The first-order valence-corrected chi connectivity index (χ1v) is 7.43. The van der Waals surface area contributed by atoms with Crippen molar-refractivity contribution in [2.24, 2.45) is 0 Å². The standard InChI is InChI=1S/C15H22N2O3/c1-10-14(15(18)19)8-13(20-10)9-16-11-4-6-17-5-2-3-12(17)7-11/h8,11-12,16H,2-7,9H2,1H3,(H,18,19). The van der Waals surface area contributed by atoms with Crippen LogP contribution < -0.4 is 5.32 Å². The molecule has 2 saturated heterocycles. The highest BCUT2D eigenvalue weighted by atomic mass is 16.4. The van der Waals surface area contributed by atoms with Crippen molar-refractivity contribution in [2.75, 3.05) is 13.1 Å². The second-order valence-corrected chi connectivity index (χ2v) is 5.92. The van der Waals surface area contributed by atoms with E-state index in [9.17, 15) is 4.79 Å². The molecule has 2 atom stereocenters. The third kappa shape index (κ3) is 2.74. The molecule has 110 valence electrons. The number of nitrogens with zero attached hydrogens (tertiary/aromatic N) is 1. The normalized spacial score (nSPS) is 26.6. The summed E-state index contributed by atoms with van der Waals surface area (Å²) in [6, 6.07) is 2.90. The van der Waals surface area contributed by atoms with Crippen LogP contribution in [0.2, 0.25) is 0 Å². The summed E-state index contributed by atoms with van der Waals surface area (Å²) in [4.78, 5) is 13.6. The number of carbonyl (C=O) groups is 1.